The maximum Gasteiger partial charge on any atom is 0.318 e. The molecule has 0 radical (unpaired) electrons. The minimum Gasteiger partial charge on any atom is -0.344 e. The van der Waals surface area contributed by atoms with E-state index in [-0.39, 0.29) is 5.91 Å². The molecule has 3 aromatic rings. The highest BCUT2D eigenvalue weighted by Gasteiger charge is 2.34. The van der Waals surface area contributed by atoms with Crippen LogP contribution in [0.4, 0.5) is 5.82 Å². The standard InChI is InChI=1S/C22H17Cl2N5O/c1-3-21(30)29-9-8-28(12-20(29)25-2)22-17-10-16(14-4-6-15(23)7-5-14)18(24)11-19(17)26-13-27-22/h3-7,10-11,13,20H,1,8-9,12H2/t20-/m0/s1. The molecule has 1 atom stereocenters. The second-order valence-corrected chi connectivity index (χ2v) is 7.69. The van der Waals surface area contributed by atoms with Crippen LogP contribution in [0.15, 0.2) is 55.4 Å². The lowest BCUT2D eigenvalue weighted by atomic mass is 10.0. The molecule has 0 unspecified atom stereocenters. The van der Waals surface area contributed by atoms with Gasteiger partial charge in [-0.2, -0.15) is 0 Å². The molecule has 1 aliphatic heterocycles. The third-order valence-corrected chi connectivity index (χ3v) is 5.68. The summed E-state index contributed by atoms with van der Waals surface area (Å²) in [7, 11) is 0. The summed E-state index contributed by atoms with van der Waals surface area (Å²) in [5, 5.41) is 2.06. The Labute approximate surface area is 184 Å². The molecule has 0 spiro atoms. The van der Waals surface area contributed by atoms with Gasteiger partial charge in [-0.15, -0.1) is 0 Å². The highest BCUT2D eigenvalue weighted by atomic mass is 35.5. The summed E-state index contributed by atoms with van der Waals surface area (Å²) in [6, 6.07) is 11.2. The average molecular weight is 438 g/mol. The van der Waals surface area contributed by atoms with Crippen molar-refractivity contribution < 1.29 is 4.79 Å². The van der Waals surface area contributed by atoms with Gasteiger partial charge in [0.1, 0.15) is 18.7 Å². The summed E-state index contributed by atoms with van der Waals surface area (Å²) in [5.74, 6) is 0.478. The highest BCUT2D eigenvalue weighted by Crippen LogP contribution is 2.35. The van der Waals surface area contributed by atoms with Crippen molar-refractivity contribution in [3.8, 4) is 11.1 Å². The number of halogens is 2. The summed E-state index contributed by atoms with van der Waals surface area (Å²) in [4.78, 5) is 28.1. The zero-order chi connectivity index (χ0) is 21.3. The van der Waals surface area contributed by atoms with Gasteiger partial charge in [0.2, 0.25) is 0 Å². The third kappa shape index (κ3) is 3.70. The minimum atomic E-state index is -0.600. The van der Waals surface area contributed by atoms with Crippen LogP contribution in [0.2, 0.25) is 10.0 Å². The molecule has 0 bridgehead atoms. The lowest BCUT2D eigenvalue weighted by molar-refractivity contribution is -0.127. The van der Waals surface area contributed by atoms with Crippen LogP contribution in [0, 0.1) is 6.57 Å². The predicted molar refractivity (Wildman–Crippen MR) is 120 cm³/mol. The van der Waals surface area contributed by atoms with Gasteiger partial charge in [-0.05, 0) is 35.9 Å². The molecule has 0 saturated carbocycles. The first kappa shape index (κ1) is 20.1. The highest BCUT2D eigenvalue weighted by molar-refractivity contribution is 6.34. The van der Waals surface area contributed by atoms with Gasteiger partial charge in [-0.1, -0.05) is 41.9 Å². The number of nitrogens with zero attached hydrogens (tertiary/aromatic N) is 5. The number of carbonyl (C=O) groups is 1. The van der Waals surface area contributed by atoms with Crippen molar-refractivity contribution in [3.05, 3.63) is 76.8 Å². The van der Waals surface area contributed by atoms with Crippen LogP contribution in [0.5, 0.6) is 0 Å². The minimum absolute atomic E-state index is 0.236. The second kappa shape index (κ2) is 8.31. The maximum atomic E-state index is 12.1. The number of rotatable bonds is 3. The summed E-state index contributed by atoms with van der Waals surface area (Å²) in [6.45, 7) is 12.4. The number of hydrogen-bond acceptors (Lipinski definition) is 4. The molecule has 6 nitrogen and oxygen atoms in total. The molecule has 8 heteroatoms. The molecule has 1 saturated heterocycles. The van der Waals surface area contributed by atoms with Crippen LogP contribution in [0.3, 0.4) is 0 Å². The van der Waals surface area contributed by atoms with Crippen LogP contribution < -0.4 is 4.90 Å². The summed E-state index contributed by atoms with van der Waals surface area (Å²) >= 11 is 12.5. The first-order valence-electron chi connectivity index (χ1n) is 9.26. The van der Waals surface area contributed by atoms with Gasteiger partial charge in [0.15, 0.2) is 0 Å². The van der Waals surface area contributed by atoms with Crippen molar-refractivity contribution in [2.75, 3.05) is 24.5 Å². The summed E-state index contributed by atoms with van der Waals surface area (Å²) in [6.07, 6.45) is 2.13. The van der Waals surface area contributed by atoms with Gasteiger partial charge in [0.05, 0.1) is 10.5 Å². The zero-order valence-electron chi connectivity index (χ0n) is 15.9. The van der Waals surface area contributed by atoms with Crippen molar-refractivity contribution in [2.24, 2.45) is 0 Å². The van der Waals surface area contributed by atoms with E-state index >= 15 is 0 Å². The lowest BCUT2D eigenvalue weighted by Gasteiger charge is -2.35. The zero-order valence-corrected chi connectivity index (χ0v) is 17.4. The SMILES string of the molecule is [C-]#[N+][C@@H]1CN(c2ncnc3cc(Cl)c(-c4ccc(Cl)cc4)cc23)CCN1C(=O)C=C. The van der Waals surface area contributed by atoms with Gasteiger partial charge >= 0.3 is 6.17 Å². The molecular formula is C22H17Cl2N5O. The molecule has 1 fully saturated rings. The van der Waals surface area contributed by atoms with Crippen LogP contribution in [0.1, 0.15) is 0 Å². The van der Waals surface area contributed by atoms with Gasteiger partial charge in [-0.25, -0.2) is 16.5 Å². The Morgan fingerprint density at radius 3 is 2.67 bits per heavy atom. The van der Waals surface area contributed by atoms with Crippen molar-refractivity contribution in [1.82, 2.24) is 14.9 Å². The van der Waals surface area contributed by atoms with E-state index in [0.29, 0.717) is 41.0 Å². The number of amides is 1. The van der Waals surface area contributed by atoms with Gasteiger partial charge in [0, 0.05) is 29.1 Å². The number of aromatic nitrogens is 2. The molecule has 0 N–H and O–H groups in total. The largest absolute Gasteiger partial charge is 0.344 e. The number of piperazine rings is 1. The van der Waals surface area contributed by atoms with E-state index < -0.39 is 6.17 Å². The van der Waals surface area contributed by atoms with Crippen LogP contribution in [-0.4, -0.2) is 46.6 Å². The van der Waals surface area contributed by atoms with Crippen LogP contribution >= 0.6 is 23.2 Å². The van der Waals surface area contributed by atoms with Crippen molar-refractivity contribution >= 4 is 45.8 Å². The van der Waals surface area contributed by atoms with Crippen molar-refractivity contribution in [3.63, 3.8) is 0 Å². The van der Waals surface area contributed by atoms with E-state index in [1.54, 1.807) is 0 Å². The lowest BCUT2D eigenvalue weighted by Crippen LogP contribution is -2.53. The molecule has 1 aromatic heterocycles. The molecule has 150 valence electrons. The molecule has 30 heavy (non-hydrogen) atoms. The first-order valence-corrected chi connectivity index (χ1v) is 10.0. The van der Waals surface area contributed by atoms with Gasteiger partial charge in [-0.3, -0.25) is 14.5 Å². The number of hydrogen-bond donors (Lipinski definition) is 0. The fourth-order valence-electron chi connectivity index (χ4n) is 3.61. The molecule has 1 aliphatic rings. The Morgan fingerprint density at radius 1 is 1.20 bits per heavy atom. The molecule has 0 aliphatic carbocycles. The Balaban J connectivity index is 1.76. The normalized spacial score (nSPS) is 16.4. The molecular weight excluding hydrogens is 421 g/mol. The summed E-state index contributed by atoms with van der Waals surface area (Å²) < 4.78 is 0. The van der Waals surface area contributed by atoms with Crippen molar-refractivity contribution in [1.29, 1.82) is 0 Å². The fourth-order valence-corrected chi connectivity index (χ4v) is 4.00. The van der Waals surface area contributed by atoms with E-state index in [4.69, 9.17) is 29.8 Å². The quantitative estimate of drug-likeness (QED) is 0.440. The number of carbonyl (C=O) groups excluding carboxylic acids is 1. The average Bonchev–Trinajstić information content (AvgIpc) is 2.78. The molecule has 1 amide bonds. The Bertz CT molecular complexity index is 1170. The molecule has 4 rings (SSSR count). The fraction of sp³-hybridized carbons (Fsp3) is 0.182. The van der Waals surface area contributed by atoms with Crippen LogP contribution in [0.25, 0.3) is 26.9 Å². The smallest absolute Gasteiger partial charge is 0.318 e. The van der Waals surface area contributed by atoms with Gasteiger partial charge < -0.3 is 4.90 Å². The Morgan fingerprint density at radius 2 is 1.97 bits per heavy atom. The summed E-state index contributed by atoms with van der Waals surface area (Å²) in [5.41, 5.74) is 2.49. The number of anilines is 1. The number of benzene rings is 2. The second-order valence-electron chi connectivity index (χ2n) is 6.84. The van der Waals surface area contributed by atoms with Crippen molar-refractivity contribution in [2.45, 2.75) is 6.17 Å². The Hall–Kier alpha value is -3.14. The third-order valence-electron chi connectivity index (χ3n) is 5.12. The maximum absolute atomic E-state index is 12.1. The van der Waals surface area contributed by atoms with E-state index in [2.05, 4.69) is 21.4 Å². The van der Waals surface area contributed by atoms with E-state index in [1.807, 2.05) is 41.3 Å². The first-order chi connectivity index (χ1) is 14.5. The topological polar surface area (TPSA) is 53.7 Å². The number of fused-ring (bicyclic) bond motifs is 1. The van der Waals surface area contributed by atoms with Crippen LogP contribution in [-0.2, 0) is 4.79 Å². The monoisotopic (exact) mass is 437 g/mol. The van der Waals surface area contributed by atoms with E-state index in [1.165, 1.54) is 17.3 Å². The van der Waals surface area contributed by atoms with Gasteiger partial charge in [0.25, 0.3) is 5.91 Å². The van der Waals surface area contributed by atoms with E-state index in [0.717, 1.165) is 16.5 Å². The van der Waals surface area contributed by atoms with E-state index in [9.17, 15) is 4.79 Å². The predicted octanol–water partition coefficient (Wildman–Crippen LogP) is 4.68. The molecule has 2 heterocycles. The molecule has 2 aromatic carbocycles. The Kier molecular flexibility index (Phi) is 5.58.